The number of phosphoric ester groups is 2. The Bertz CT molecular complexity index is 1330. The van der Waals surface area contributed by atoms with Crippen molar-refractivity contribution in [1.82, 2.24) is 0 Å². The van der Waals surface area contributed by atoms with Gasteiger partial charge in [-0.25, -0.2) is 9.13 Å². The van der Waals surface area contributed by atoms with Crippen LogP contribution >= 0.6 is 15.6 Å². The van der Waals surface area contributed by atoms with Crippen molar-refractivity contribution in [2.45, 2.75) is 101 Å². The summed E-state index contributed by atoms with van der Waals surface area (Å²) in [6, 6.07) is 14.6. The highest BCUT2D eigenvalue weighted by Crippen LogP contribution is 2.60. The molecule has 2 aromatic carbocycles. The van der Waals surface area contributed by atoms with Gasteiger partial charge in [-0.2, -0.15) is 0 Å². The van der Waals surface area contributed by atoms with Gasteiger partial charge in [0, 0.05) is 12.8 Å². The number of ether oxygens (including phenoxy) is 2. The Kier molecular flexibility index (Phi) is 7.97. The first-order chi connectivity index (χ1) is 20.3. The van der Waals surface area contributed by atoms with Crippen LogP contribution in [-0.2, 0) is 72.2 Å². The van der Waals surface area contributed by atoms with Gasteiger partial charge in [0.1, 0.15) is 36.6 Å². The molecule has 14 heteroatoms. The number of aliphatic hydroxyl groups excluding tert-OH is 2. The number of rotatable bonds is 4. The van der Waals surface area contributed by atoms with Gasteiger partial charge in [0.05, 0.1) is 26.4 Å². The maximum absolute atomic E-state index is 14.0. The molecule has 0 aromatic heterocycles. The topological polar surface area (TPSA) is 148 Å². The molecule has 1 spiro atoms. The van der Waals surface area contributed by atoms with Crippen LogP contribution in [0.15, 0.2) is 48.5 Å². The summed E-state index contributed by atoms with van der Waals surface area (Å²) < 4.78 is 75.0. The van der Waals surface area contributed by atoms with Gasteiger partial charge in [0.2, 0.25) is 0 Å². The van der Waals surface area contributed by atoms with Crippen molar-refractivity contribution >= 4 is 15.6 Å². The molecule has 2 aliphatic carbocycles. The van der Waals surface area contributed by atoms with E-state index in [2.05, 4.69) is 0 Å². The number of fused-ring (bicyclic) bond motifs is 3. The Labute approximate surface area is 243 Å². The zero-order valence-corrected chi connectivity index (χ0v) is 24.6. The van der Waals surface area contributed by atoms with Crippen molar-refractivity contribution in [1.29, 1.82) is 0 Å². The van der Waals surface area contributed by atoms with E-state index in [1.807, 2.05) is 48.5 Å². The van der Waals surface area contributed by atoms with Gasteiger partial charge >= 0.3 is 15.6 Å². The monoisotopic (exact) mass is 624 g/mol. The average Bonchev–Trinajstić information content (AvgIpc) is 3.16. The molecule has 3 fully saturated rings. The number of hydrogen-bond acceptors (Lipinski definition) is 12. The SMILES string of the molecule is O=P1(O[C@@H]2[C@H]3OC4(CCCCC4)O[C@H]3[C@@H](O)[C@H](O)[C@H]2OP2(=O)OCc3ccccc3CO2)OCc2ccccc2CO1. The first-order valence-electron chi connectivity index (χ1n) is 14.3. The molecule has 0 radical (unpaired) electrons. The first-order valence-corrected chi connectivity index (χ1v) is 17.2. The zero-order chi connectivity index (χ0) is 29.0. The zero-order valence-electron chi connectivity index (χ0n) is 22.8. The van der Waals surface area contributed by atoms with Gasteiger partial charge in [-0.15, -0.1) is 0 Å². The van der Waals surface area contributed by atoms with Crippen LogP contribution in [0.2, 0.25) is 0 Å². The van der Waals surface area contributed by atoms with E-state index in [0.29, 0.717) is 12.8 Å². The van der Waals surface area contributed by atoms with Crippen LogP contribution in [0.5, 0.6) is 0 Å². The molecule has 2 aromatic rings. The van der Waals surface area contributed by atoms with Crippen molar-refractivity contribution in [3.05, 3.63) is 70.8 Å². The second-order valence-corrected chi connectivity index (χ2v) is 14.5. The lowest BCUT2D eigenvalue weighted by atomic mass is 9.85. The van der Waals surface area contributed by atoms with Gasteiger partial charge in [-0.1, -0.05) is 55.0 Å². The molecule has 1 saturated heterocycles. The molecular weight excluding hydrogens is 590 g/mol. The summed E-state index contributed by atoms with van der Waals surface area (Å²) in [5, 5.41) is 22.5. The summed E-state index contributed by atoms with van der Waals surface area (Å²) in [5.41, 5.74) is 3.11. The van der Waals surface area contributed by atoms with Crippen molar-refractivity contribution in [2.24, 2.45) is 0 Å². The van der Waals surface area contributed by atoms with Gasteiger partial charge in [-0.3, -0.25) is 27.1 Å². The Balaban J connectivity index is 1.19. The molecule has 7 rings (SSSR count). The van der Waals surface area contributed by atoms with Crippen LogP contribution in [-0.4, -0.2) is 52.6 Å². The standard InChI is InChI=1S/C28H34O12P2/c29-22-23(30)25(39-41(31)33-14-18-8-2-3-9-19(18)15-34-41)27(26-24(22)37-28(38-26)12-6-1-7-13-28)40-42(32)35-16-20-10-4-5-11-21(20)17-36-42/h2-5,8-11,22-27,29-30H,1,6-7,12-17H2/t22-,23-,24-,25+,26-,27-/m0/s1. The van der Waals surface area contributed by atoms with Crippen LogP contribution in [0.25, 0.3) is 0 Å². The average molecular weight is 625 g/mol. The van der Waals surface area contributed by atoms with Crippen molar-refractivity contribution in [2.75, 3.05) is 0 Å². The number of phosphoric acid groups is 2. The molecule has 0 amide bonds. The number of benzene rings is 2. The van der Waals surface area contributed by atoms with E-state index in [9.17, 15) is 19.3 Å². The predicted molar refractivity (Wildman–Crippen MR) is 145 cm³/mol. The minimum atomic E-state index is -4.34. The van der Waals surface area contributed by atoms with E-state index in [-0.39, 0.29) is 26.4 Å². The Morgan fingerprint density at radius 3 is 1.52 bits per heavy atom. The molecule has 3 aliphatic heterocycles. The minimum Gasteiger partial charge on any atom is -0.387 e. The van der Waals surface area contributed by atoms with Crippen LogP contribution < -0.4 is 0 Å². The highest BCUT2D eigenvalue weighted by Gasteiger charge is 2.63. The maximum atomic E-state index is 14.0. The van der Waals surface area contributed by atoms with E-state index in [0.717, 1.165) is 41.5 Å². The summed E-state index contributed by atoms with van der Waals surface area (Å²) in [6.07, 6.45) is -4.41. The van der Waals surface area contributed by atoms with Gasteiger partial charge < -0.3 is 19.7 Å². The van der Waals surface area contributed by atoms with E-state index in [1.54, 1.807) is 0 Å². The fourth-order valence-corrected chi connectivity index (χ4v) is 8.94. The van der Waals surface area contributed by atoms with Gasteiger partial charge in [-0.05, 0) is 35.1 Å². The van der Waals surface area contributed by atoms with Crippen LogP contribution in [0.4, 0.5) is 0 Å². The van der Waals surface area contributed by atoms with E-state index in [4.69, 9.17) is 36.6 Å². The summed E-state index contributed by atoms with van der Waals surface area (Å²) in [6.45, 7) is -0.228. The number of hydrogen-bond donors (Lipinski definition) is 2. The normalized spacial score (nSPS) is 34.9. The molecule has 0 bridgehead atoms. The van der Waals surface area contributed by atoms with Crippen molar-refractivity contribution in [3.63, 3.8) is 0 Å². The largest absolute Gasteiger partial charge is 0.475 e. The summed E-state index contributed by atoms with van der Waals surface area (Å²) in [7, 11) is -8.64. The summed E-state index contributed by atoms with van der Waals surface area (Å²) >= 11 is 0. The molecule has 5 aliphatic rings. The molecular formula is C28H34O12P2. The molecule has 0 unspecified atom stereocenters. The predicted octanol–water partition coefficient (Wildman–Crippen LogP) is 4.65. The highest BCUT2D eigenvalue weighted by atomic mass is 31.2. The van der Waals surface area contributed by atoms with Crippen LogP contribution in [0, 0.1) is 0 Å². The maximum Gasteiger partial charge on any atom is 0.475 e. The second kappa shape index (κ2) is 11.5. The summed E-state index contributed by atoms with van der Waals surface area (Å²) in [4.78, 5) is 0. The van der Waals surface area contributed by atoms with E-state index >= 15 is 0 Å². The Morgan fingerprint density at radius 1 is 0.619 bits per heavy atom. The molecule has 2 N–H and O–H groups in total. The van der Waals surface area contributed by atoms with Crippen molar-refractivity contribution in [3.8, 4) is 0 Å². The molecule has 6 atom stereocenters. The molecule has 12 nitrogen and oxygen atoms in total. The quantitative estimate of drug-likeness (QED) is 0.457. The molecule has 2 saturated carbocycles. The Morgan fingerprint density at radius 2 is 1.05 bits per heavy atom. The summed E-state index contributed by atoms with van der Waals surface area (Å²) in [5.74, 6) is -1.01. The minimum absolute atomic E-state index is 0.0464. The fourth-order valence-electron chi connectivity index (χ4n) is 6.28. The fraction of sp³-hybridized carbons (Fsp3) is 0.571. The van der Waals surface area contributed by atoms with Crippen LogP contribution in [0.1, 0.15) is 54.4 Å². The number of aliphatic hydroxyl groups is 2. The lowest BCUT2D eigenvalue weighted by Crippen LogP contribution is -2.63. The van der Waals surface area contributed by atoms with Crippen molar-refractivity contribution < 1.29 is 56.0 Å². The lowest BCUT2D eigenvalue weighted by Gasteiger charge is -2.43. The molecule has 42 heavy (non-hydrogen) atoms. The van der Waals surface area contributed by atoms with Crippen LogP contribution in [0.3, 0.4) is 0 Å². The lowest BCUT2D eigenvalue weighted by molar-refractivity contribution is -0.202. The van der Waals surface area contributed by atoms with Gasteiger partial charge in [0.25, 0.3) is 0 Å². The smallest absolute Gasteiger partial charge is 0.387 e. The third kappa shape index (κ3) is 5.58. The van der Waals surface area contributed by atoms with E-state index in [1.165, 1.54) is 0 Å². The highest BCUT2D eigenvalue weighted by molar-refractivity contribution is 7.48. The third-order valence-corrected chi connectivity index (χ3v) is 11.3. The van der Waals surface area contributed by atoms with E-state index < -0.39 is 58.1 Å². The second-order valence-electron chi connectivity index (χ2n) is 11.3. The van der Waals surface area contributed by atoms with Gasteiger partial charge in [0.15, 0.2) is 5.79 Å². The Hall–Kier alpha value is -1.50. The third-order valence-electron chi connectivity index (χ3n) is 8.56. The molecule has 3 heterocycles. The molecule has 228 valence electrons. The first kappa shape index (κ1) is 29.2.